The number of nitrogens with zero attached hydrogens (tertiary/aromatic N) is 1. The van der Waals surface area contributed by atoms with Crippen molar-refractivity contribution >= 4 is 0 Å². The van der Waals surface area contributed by atoms with Crippen LogP contribution in [0, 0.1) is 0 Å². The lowest BCUT2D eigenvalue weighted by molar-refractivity contribution is -0.154. The van der Waals surface area contributed by atoms with E-state index in [9.17, 15) is 0 Å². The summed E-state index contributed by atoms with van der Waals surface area (Å²) in [5, 5.41) is 3.77. The first-order valence-corrected chi connectivity index (χ1v) is 6.19. The highest BCUT2D eigenvalue weighted by molar-refractivity contribution is 4.96. The van der Waals surface area contributed by atoms with Crippen LogP contribution in [0.4, 0.5) is 0 Å². The van der Waals surface area contributed by atoms with Crippen LogP contribution in [0.15, 0.2) is 0 Å². The molecular weight excluding hydrogens is 188 g/mol. The minimum atomic E-state index is -0.0183. The SMILES string of the molecule is CCC1(C)CCOC2(CCN(C)CC2)N1. The second-order valence-electron chi connectivity index (χ2n) is 5.44. The van der Waals surface area contributed by atoms with Crippen LogP contribution in [0.25, 0.3) is 0 Å². The number of ether oxygens (including phenoxy) is 1. The maximum atomic E-state index is 6.01. The number of nitrogens with one attached hydrogen (secondary N) is 1. The molecule has 0 aliphatic carbocycles. The molecule has 0 aromatic heterocycles. The van der Waals surface area contributed by atoms with Gasteiger partial charge in [-0.05, 0) is 26.8 Å². The van der Waals surface area contributed by atoms with E-state index in [1.165, 1.54) is 6.42 Å². The molecule has 0 amide bonds. The molecule has 2 aliphatic rings. The van der Waals surface area contributed by atoms with Crippen LogP contribution in [0.1, 0.15) is 39.5 Å². The van der Waals surface area contributed by atoms with Crippen molar-refractivity contribution in [3.8, 4) is 0 Å². The number of piperidine rings is 1. The zero-order valence-corrected chi connectivity index (χ0v) is 10.3. The molecule has 1 unspecified atom stereocenters. The summed E-state index contributed by atoms with van der Waals surface area (Å²) in [5.41, 5.74) is 0.268. The molecule has 0 saturated carbocycles. The summed E-state index contributed by atoms with van der Waals surface area (Å²) >= 11 is 0. The summed E-state index contributed by atoms with van der Waals surface area (Å²) < 4.78 is 6.01. The molecule has 1 atom stereocenters. The average molecular weight is 212 g/mol. The Morgan fingerprint density at radius 2 is 1.93 bits per heavy atom. The Morgan fingerprint density at radius 1 is 1.27 bits per heavy atom. The van der Waals surface area contributed by atoms with Crippen LogP contribution in [0.5, 0.6) is 0 Å². The van der Waals surface area contributed by atoms with E-state index in [2.05, 4.69) is 31.1 Å². The van der Waals surface area contributed by atoms with Crippen molar-refractivity contribution in [1.29, 1.82) is 0 Å². The maximum Gasteiger partial charge on any atom is 0.122 e. The Kier molecular flexibility index (Phi) is 3.06. The van der Waals surface area contributed by atoms with Crippen molar-refractivity contribution in [3.05, 3.63) is 0 Å². The highest BCUT2D eigenvalue weighted by Crippen LogP contribution is 2.32. The molecule has 2 fully saturated rings. The molecule has 3 heteroatoms. The lowest BCUT2D eigenvalue weighted by Crippen LogP contribution is -2.65. The first-order chi connectivity index (χ1) is 7.08. The van der Waals surface area contributed by atoms with Crippen molar-refractivity contribution in [2.24, 2.45) is 0 Å². The van der Waals surface area contributed by atoms with Gasteiger partial charge in [-0.3, -0.25) is 5.32 Å². The Balaban J connectivity index is 2.02. The Labute approximate surface area is 93.2 Å². The van der Waals surface area contributed by atoms with Crippen LogP contribution in [-0.2, 0) is 4.74 Å². The van der Waals surface area contributed by atoms with Gasteiger partial charge in [0.1, 0.15) is 5.72 Å². The standard InChI is InChI=1S/C12H24N2O/c1-4-11(2)7-10-15-12(13-11)5-8-14(3)9-6-12/h13H,4-10H2,1-3H3. The smallest absolute Gasteiger partial charge is 0.122 e. The summed E-state index contributed by atoms with van der Waals surface area (Å²) in [6.45, 7) is 7.80. The zero-order chi connectivity index (χ0) is 10.9. The van der Waals surface area contributed by atoms with E-state index < -0.39 is 0 Å². The molecule has 2 rings (SSSR count). The maximum absolute atomic E-state index is 6.01. The molecule has 0 radical (unpaired) electrons. The average Bonchev–Trinajstić information content (AvgIpc) is 2.23. The van der Waals surface area contributed by atoms with Crippen LogP contribution < -0.4 is 5.32 Å². The second kappa shape index (κ2) is 4.04. The zero-order valence-electron chi connectivity index (χ0n) is 10.3. The van der Waals surface area contributed by atoms with Gasteiger partial charge in [0.15, 0.2) is 0 Å². The third-order valence-electron chi connectivity index (χ3n) is 4.14. The van der Waals surface area contributed by atoms with E-state index in [4.69, 9.17) is 4.74 Å². The molecule has 3 nitrogen and oxygen atoms in total. The fourth-order valence-electron chi connectivity index (χ4n) is 2.63. The van der Waals surface area contributed by atoms with Gasteiger partial charge >= 0.3 is 0 Å². The van der Waals surface area contributed by atoms with Gasteiger partial charge in [-0.2, -0.15) is 0 Å². The molecule has 2 heterocycles. The topological polar surface area (TPSA) is 24.5 Å². The quantitative estimate of drug-likeness (QED) is 0.714. The van der Waals surface area contributed by atoms with Gasteiger partial charge in [-0.25, -0.2) is 0 Å². The minimum Gasteiger partial charge on any atom is -0.360 e. The third kappa shape index (κ3) is 2.35. The van der Waals surface area contributed by atoms with Gasteiger partial charge in [0.2, 0.25) is 0 Å². The highest BCUT2D eigenvalue weighted by atomic mass is 16.5. The summed E-state index contributed by atoms with van der Waals surface area (Å²) in [4.78, 5) is 2.38. The van der Waals surface area contributed by atoms with Crippen molar-refractivity contribution in [2.45, 2.75) is 50.8 Å². The number of hydrogen-bond donors (Lipinski definition) is 1. The van der Waals surface area contributed by atoms with E-state index in [0.29, 0.717) is 0 Å². The van der Waals surface area contributed by atoms with Crippen LogP contribution in [-0.4, -0.2) is 42.9 Å². The highest BCUT2D eigenvalue weighted by Gasteiger charge is 2.42. The van der Waals surface area contributed by atoms with Crippen LogP contribution >= 0.6 is 0 Å². The minimum absolute atomic E-state index is 0.0183. The molecule has 2 saturated heterocycles. The van der Waals surface area contributed by atoms with E-state index in [-0.39, 0.29) is 11.3 Å². The predicted molar refractivity (Wildman–Crippen MR) is 61.9 cm³/mol. The monoisotopic (exact) mass is 212 g/mol. The normalized spacial score (nSPS) is 37.0. The van der Waals surface area contributed by atoms with Gasteiger partial charge in [0.05, 0.1) is 6.61 Å². The van der Waals surface area contributed by atoms with E-state index >= 15 is 0 Å². The van der Waals surface area contributed by atoms with Crippen molar-refractivity contribution in [2.75, 3.05) is 26.7 Å². The summed E-state index contributed by atoms with van der Waals surface area (Å²) in [7, 11) is 2.19. The summed E-state index contributed by atoms with van der Waals surface area (Å²) in [6, 6.07) is 0. The van der Waals surface area contributed by atoms with E-state index in [1.807, 2.05) is 0 Å². The van der Waals surface area contributed by atoms with E-state index in [1.54, 1.807) is 0 Å². The van der Waals surface area contributed by atoms with Crippen molar-refractivity contribution in [1.82, 2.24) is 10.2 Å². The van der Waals surface area contributed by atoms with Crippen LogP contribution in [0.2, 0.25) is 0 Å². The fraction of sp³-hybridized carbons (Fsp3) is 1.00. The molecule has 0 aromatic carbocycles. The molecule has 2 aliphatic heterocycles. The van der Waals surface area contributed by atoms with Gasteiger partial charge in [-0.1, -0.05) is 6.92 Å². The second-order valence-corrected chi connectivity index (χ2v) is 5.44. The lowest BCUT2D eigenvalue weighted by atomic mass is 9.87. The molecule has 0 bridgehead atoms. The third-order valence-corrected chi connectivity index (χ3v) is 4.14. The molecule has 0 aromatic rings. The molecule has 15 heavy (non-hydrogen) atoms. The van der Waals surface area contributed by atoms with Crippen LogP contribution in [0.3, 0.4) is 0 Å². The largest absolute Gasteiger partial charge is 0.360 e. The first-order valence-electron chi connectivity index (χ1n) is 6.19. The van der Waals surface area contributed by atoms with Gasteiger partial charge in [-0.15, -0.1) is 0 Å². The molecular formula is C12H24N2O. The summed E-state index contributed by atoms with van der Waals surface area (Å²) in [6.07, 6.45) is 4.58. The first kappa shape index (κ1) is 11.4. The Bertz CT molecular complexity index is 224. The van der Waals surface area contributed by atoms with Crippen molar-refractivity contribution < 1.29 is 4.74 Å². The fourth-order valence-corrected chi connectivity index (χ4v) is 2.63. The molecule has 1 spiro atoms. The van der Waals surface area contributed by atoms with Gasteiger partial charge in [0.25, 0.3) is 0 Å². The predicted octanol–water partition coefficient (Wildman–Crippen LogP) is 1.59. The number of likely N-dealkylation sites (tertiary alicyclic amines) is 1. The lowest BCUT2D eigenvalue weighted by Gasteiger charge is -2.50. The van der Waals surface area contributed by atoms with Crippen molar-refractivity contribution in [3.63, 3.8) is 0 Å². The summed E-state index contributed by atoms with van der Waals surface area (Å²) in [5.74, 6) is 0. The Hall–Kier alpha value is -0.120. The van der Waals surface area contributed by atoms with E-state index in [0.717, 1.165) is 39.0 Å². The molecule has 88 valence electrons. The van der Waals surface area contributed by atoms with Gasteiger partial charge < -0.3 is 9.64 Å². The Morgan fingerprint density at radius 3 is 2.53 bits per heavy atom. The molecule has 1 N–H and O–H groups in total. The number of hydrogen-bond acceptors (Lipinski definition) is 3. The number of rotatable bonds is 1. The van der Waals surface area contributed by atoms with Gasteiger partial charge in [0, 0.05) is 31.5 Å².